The molecule has 0 spiro atoms. The number of aryl methyl sites for hydroxylation is 2. The van der Waals surface area contributed by atoms with Crippen LogP contribution in [0.3, 0.4) is 0 Å². The van der Waals surface area contributed by atoms with Crippen LogP contribution in [0.25, 0.3) is 10.9 Å². The van der Waals surface area contributed by atoms with Gasteiger partial charge in [0, 0.05) is 66.4 Å². The van der Waals surface area contributed by atoms with Crippen molar-refractivity contribution in [2.75, 3.05) is 42.1 Å². The maximum atomic E-state index is 13.4. The molecule has 2 radical (unpaired) electrons. The average molecular weight is 557 g/mol. The highest BCUT2D eigenvalue weighted by Gasteiger charge is 2.21. The molecule has 1 aliphatic heterocycles. The SMILES string of the molecule is CCc1ccc(N2CCN(Cc3ccccc3C(=O)Nc3ccc4nc5c(c(N)c4c3)CCCC5)CC2)cc1.[B]C#N. The van der Waals surface area contributed by atoms with Crippen molar-refractivity contribution in [1.82, 2.24) is 9.88 Å². The van der Waals surface area contributed by atoms with Gasteiger partial charge in [-0.15, -0.1) is 0 Å². The zero-order valence-corrected chi connectivity index (χ0v) is 24.3. The Hall–Kier alpha value is -4.35. The lowest BCUT2D eigenvalue weighted by molar-refractivity contribution is 0.102. The maximum Gasteiger partial charge on any atom is 0.255 e. The monoisotopic (exact) mass is 556 g/mol. The van der Waals surface area contributed by atoms with Gasteiger partial charge in [-0.1, -0.05) is 37.3 Å². The second-order valence-corrected chi connectivity index (χ2v) is 10.9. The number of nitriles is 1. The number of amides is 1. The van der Waals surface area contributed by atoms with Crippen LogP contribution in [-0.2, 0) is 25.8 Å². The molecule has 2 aliphatic rings. The first kappa shape index (κ1) is 29.2. The van der Waals surface area contributed by atoms with Crippen molar-refractivity contribution in [3.63, 3.8) is 0 Å². The summed E-state index contributed by atoms with van der Waals surface area (Å²) in [4.78, 5) is 23.2. The van der Waals surface area contributed by atoms with Gasteiger partial charge in [0.05, 0.1) is 5.52 Å². The molecule has 2 heterocycles. The van der Waals surface area contributed by atoms with Crippen molar-refractivity contribution < 1.29 is 4.79 Å². The predicted octanol–water partition coefficient (Wildman–Crippen LogP) is 5.47. The molecule has 1 aromatic heterocycles. The Bertz CT molecular complexity index is 1590. The van der Waals surface area contributed by atoms with Crippen molar-refractivity contribution in [2.24, 2.45) is 0 Å². The minimum Gasteiger partial charge on any atom is -0.398 e. The van der Waals surface area contributed by atoms with Crippen LogP contribution >= 0.6 is 0 Å². The van der Waals surface area contributed by atoms with Crippen molar-refractivity contribution in [3.05, 3.63) is 94.7 Å². The third-order valence-corrected chi connectivity index (χ3v) is 8.30. The predicted molar refractivity (Wildman–Crippen MR) is 172 cm³/mol. The summed E-state index contributed by atoms with van der Waals surface area (Å²) in [6, 6.07) is 22.7. The zero-order chi connectivity index (χ0) is 29.5. The number of carbonyl (C=O) groups excluding carboxylic acids is 1. The minimum atomic E-state index is -0.0934. The zero-order valence-electron chi connectivity index (χ0n) is 24.3. The molecule has 0 bridgehead atoms. The molecule has 0 atom stereocenters. The van der Waals surface area contributed by atoms with Gasteiger partial charge in [0.25, 0.3) is 5.91 Å². The van der Waals surface area contributed by atoms with Crippen LogP contribution in [0.15, 0.2) is 66.7 Å². The molecule has 8 heteroatoms. The molecule has 4 aromatic rings. The molecule has 1 fully saturated rings. The fourth-order valence-corrected chi connectivity index (χ4v) is 5.96. The second-order valence-electron chi connectivity index (χ2n) is 10.9. The molecule has 1 amide bonds. The highest BCUT2D eigenvalue weighted by Crippen LogP contribution is 2.32. The van der Waals surface area contributed by atoms with E-state index in [4.69, 9.17) is 16.0 Å². The Labute approximate surface area is 249 Å². The molecule has 3 N–H and O–H groups in total. The number of carbonyl (C=O) groups is 1. The number of fused-ring (bicyclic) bond motifs is 2. The number of nitrogens with one attached hydrogen (secondary N) is 1. The van der Waals surface area contributed by atoms with Crippen molar-refractivity contribution in [1.29, 1.82) is 5.26 Å². The van der Waals surface area contributed by atoms with Crippen molar-refractivity contribution in [3.8, 4) is 5.97 Å². The summed E-state index contributed by atoms with van der Waals surface area (Å²) >= 11 is 0. The van der Waals surface area contributed by atoms with Crippen LogP contribution in [0.2, 0.25) is 0 Å². The first-order chi connectivity index (χ1) is 20.5. The van der Waals surface area contributed by atoms with Crippen LogP contribution in [-0.4, -0.2) is 49.8 Å². The molecule has 1 aliphatic carbocycles. The number of nitrogens with two attached hydrogens (primary N) is 1. The number of benzene rings is 3. The Kier molecular flexibility index (Phi) is 9.40. The van der Waals surface area contributed by atoms with E-state index in [-0.39, 0.29) is 5.91 Å². The highest BCUT2D eigenvalue weighted by atomic mass is 16.1. The fourth-order valence-electron chi connectivity index (χ4n) is 5.96. The molecule has 6 rings (SSSR count). The summed E-state index contributed by atoms with van der Waals surface area (Å²) in [6.07, 6.45) is 5.36. The third-order valence-electron chi connectivity index (χ3n) is 8.30. The minimum absolute atomic E-state index is 0.0934. The van der Waals surface area contributed by atoms with E-state index in [1.54, 1.807) is 0 Å². The van der Waals surface area contributed by atoms with E-state index in [9.17, 15) is 4.79 Å². The van der Waals surface area contributed by atoms with E-state index in [1.165, 1.54) is 29.2 Å². The number of nitrogen functional groups attached to an aromatic ring is 1. The summed E-state index contributed by atoms with van der Waals surface area (Å²) < 4.78 is 0. The summed E-state index contributed by atoms with van der Waals surface area (Å²) in [5.41, 5.74) is 15.8. The van der Waals surface area contributed by atoms with Crippen LogP contribution in [0.1, 0.15) is 52.5 Å². The van der Waals surface area contributed by atoms with E-state index in [0.717, 1.165) is 91.9 Å². The van der Waals surface area contributed by atoms with Crippen LogP contribution in [0, 0.1) is 11.2 Å². The van der Waals surface area contributed by atoms with Gasteiger partial charge in [0.1, 0.15) is 0 Å². The van der Waals surface area contributed by atoms with E-state index in [1.807, 2.05) is 36.4 Å². The van der Waals surface area contributed by atoms with Gasteiger partial charge >= 0.3 is 0 Å². The highest BCUT2D eigenvalue weighted by molar-refractivity contribution is 6.20. The first-order valence-electron chi connectivity index (χ1n) is 14.8. The van der Waals surface area contributed by atoms with E-state index < -0.39 is 0 Å². The number of hydrogen-bond donors (Lipinski definition) is 2. The molecule has 212 valence electrons. The molecular formula is C34H37BN6O. The number of hydrogen-bond acceptors (Lipinski definition) is 6. The molecule has 0 saturated carbocycles. The van der Waals surface area contributed by atoms with E-state index >= 15 is 0 Å². The van der Waals surface area contributed by atoms with E-state index in [2.05, 4.69) is 60.2 Å². The van der Waals surface area contributed by atoms with Crippen molar-refractivity contribution in [2.45, 2.75) is 45.6 Å². The van der Waals surface area contributed by atoms with Gasteiger partial charge in [-0.05, 0) is 91.2 Å². The van der Waals surface area contributed by atoms with Gasteiger partial charge in [-0.2, -0.15) is 0 Å². The summed E-state index contributed by atoms with van der Waals surface area (Å²) in [5.74, 6) is 1.16. The summed E-state index contributed by atoms with van der Waals surface area (Å²) in [5, 5.41) is 11.1. The number of rotatable bonds is 6. The lowest BCUT2D eigenvalue weighted by Gasteiger charge is -2.36. The molecule has 1 saturated heterocycles. The van der Waals surface area contributed by atoms with Gasteiger partial charge in [0.2, 0.25) is 7.85 Å². The van der Waals surface area contributed by atoms with Gasteiger partial charge in [0.15, 0.2) is 0 Å². The van der Waals surface area contributed by atoms with Crippen molar-refractivity contribution >= 4 is 41.7 Å². The van der Waals surface area contributed by atoms with Crippen LogP contribution in [0.5, 0.6) is 0 Å². The summed E-state index contributed by atoms with van der Waals surface area (Å²) in [6.45, 7) is 6.84. The Morgan fingerprint density at radius 3 is 2.48 bits per heavy atom. The van der Waals surface area contributed by atoms with Crippen LogP contribution in [0.4, 0.5) is 17.1 Å². The summed E-state index contributed by atoms with van der Waals surface area (Å²) in [7, 11) is 4.15. The second kappa shape index (κ2) is 13.5. The van der Waals surface area contributed by atoms with E-state index in [0.29, 0.717) is 5.56 Å². The topological polar surface area (TPSA) is 98.3 Å². The molecule has 42 heavy (non-hydrogen) atoms. The lowest BCUT2D eigenvalue weighted by atomic mass is 9.93. The van der Waals surface area contributed by atoms with Crippen LogP contribution < -0.4 is 16.0 Å². The lowest BCUT2D eigenvalue weighted by Crippen LogP contribution is -2.46. The Balaban J connectivity index is 0.00000113. The molecule has 0 unspecified atom stereocenters. The average Bonchev–Trinajstić information content (AvgIpc) is 3.02. The number of anilines is 3. The largest absolute Gasteiger partial charge is 0.398 e. The number of piperazine rings is 1. The first-order valence-corrected chi connectivity index (χ1v) is 14.8. The maximum absolute atomic E-state index is 13.4. The normalized spacial score (nSPS) is 14.8. The Morgan fingerprint density at radius 2 is 1.74 bits per heavy atom. The fraction of sp³-hybridized carbons (Fsp3) is 0.324. The quantitative estimate of drug-likeness (QED) is 0.306. The van der Waals surface area contributed by atoms with Gasteiger partial charge in [-0.3, -0.25) is 14.7 Å². The van der Waals surface area contributed by atoms with Gasteiger partial charge in [-0.25, -0.2) is 5.26 Å². The Morgan fingerprint density at radius 1 is 1.02 bits per heavy atom. The number of nitrogens with zero attached hydrogens (tertiary/aromatic N) is 4. The smallest absolute Gasteiger partial charge is 0.255 e. The molecule has 7 nitrogen and oxygen atoms in total. The molecule has 3 aromatic carbocycles. The molecular weight excluding hydrogens is 519 g/mol. The standard InChI is InChI=1S/C33H37N5O.CBN/c1-2-23-11-14-26(15-12-23)38-19-17-37(18-20-38)22-24-7-3-4-8-27(24)33(39)35-25-13-16-31-29(21-25)32(34)28-9-5-6-10-30(28)36-31;2-1-3/h3-4,7-8,11-16,21H,2,5-6,9-10,17-20,22H2,1H3,(H2,34,36)(H,35,39);. The third kappa shape index (κ3) is 6.58. The number of pyridine rings is 1. The number of aromatic nitrogens is 1. The van der Waals surface area contributed by atoms with Gasteiger partial charge < -0.3 is 16.0 Å².